The normalized spacial score (nSPS) is 11.9. The smallest absolute Gasteiger partial charge is 0.249 e. The number of halogens is 1. The van der Waals surface area contributed by atoms with Crippen LogP contribution in [0.25, 0.3) is 20.5 Å². The van der Waals surface area contributed by atoms with E-state index >= 15 is 0 Å². The molecule has 0 aliphatic heterocycles. The molecule has 3 aromatic carbocycles. The highest BCUT2D eigenvalue weighted by molar-refractivity contribution is 7.22. The number of carbonyl (C=O) groups excluding carboxylic acids is 2. The van der Waals surface area contributed by atoms with Gasteiger partial charge in [-0.1, -0.05) is 36.4 Å². The van der Waals surface area contributed by atoms with Crippen LogP contribution in [0.4, 0.5) is 10.1 Å². The lowest BCUT2D eigenvalue weighted by molar-refractivity contribution is -0.117. The van der Waals surface area contributed by atoms with Crippen LogP contribution in [0, 0.1) is 5.82 Å². The number of thiophene rings is 1. The van der Waals surface area contributed by atoms with Crippen LogP contribution in [0.3, 0.4) is 0 Å². The first-order valence-corrected chi connectivity index (χ1v) is 10.2. The topological polar surface area (TPSA) is 72.2 Å². The third-order valence-corrected chi connectivity index (χ3v) is 6.16. The molecule has 0 radical (unpaired) electrons. The SMILES string of the molecule is CC(C(=O)Nc1ccc(-c2cc3ccccc3s2)c(C(N)=O)c1)c1ccc(F)cc1. The molecular formula is C24H19FN2O2S. The van der Waals surface area contributed by atoms with Crippen molar-refractivity contribution in [1.82, 2.24) is 0 Å². The Kier molecular flexibility index (Phi) is 5.33. The van der Waals surface area contributed by atoms with Crippen molar-refractivity contribution < 1.29 is 14.0 Å². The maximum atomic E-state index is 13.1. The summed E-state index contributed by atoms with van der Waals surface area (Å²) in [6.07, 6.45) is 0. The molecule has 4 nitrogen and oxygen atoms in total. The van der Waals surface area contributed by atoms with Gasteiger partial charge in [-0.05, 0) is 54.3 Å². The van der Waals surface area contributed by atoms with Crippen molar-refractivity contribution in [2.24, 2.45) is 5.73 Å². The molecule has 0 saturated heterocycles. The zero-order chi connectivity index (χ0) is 21.3. The lowest BCUT2D eigenvalue weighted by Gasteiger charge is -2.14. The molecule has 3 N–H and O–H groups in total. The molecule has 2 amide bonds. The van der Waals surface area contributed by atoms with Crippen molar-refractivity contribution in [1.29, 1.82) is 0 Å². The maximum Gasteiger partial charge on any atom is 0.249 e. The third-order valence-electron chi connectivity index (χ3n) is 5.01. The first-order chi connectivity index (χ1) is 14.4. The summed E-state index contributed by atoms with van der Waals surface area (Å²) in [6.45, 7) is 1.74. The van der Waals surface area contributed by atoms with Gasteiger partial charge >= 0.3 is 0 Å². The molecule has 1 aromatic heterocycles. The highest BCUT2D eigenvalue weighted by atomic mass is 32.1. The van der Waals surface area contributed by atoms with E-state index in [1.807, 2.05) is 30.3 Å². The van der Waals surface area contributed by atoms with Crippen LogP contribution in [-0.2, 0) is 4.79 Å². The molecular weight excluding hydrogens is 399 g/mol. The van der Waals surface area contributed by atoms with Crippen LogP contribution in [0.2, 0.25) is 0 Å². The number of benzene rings is 3. The second-order valence-electron chi connectivity index (χ2n) is 7.04. The standard InChI is InChI=1S/C24H19FN2O2S/c1-14(15-6-8-17(25)9-7-15)24(29)27-18-10-11-19(20(13-18)23(26)28)22-12-16-4-2-3-5-21(16)30-22/h2-14H,1H3,(H2,26,28)(H,27,29). The number of primary amides is 1. The Labute approximate surface area is 177 Å². The predicted octanol–water partition coefficient (Wildman–Crippen LogP) is 5.55. The van der Waals surface area contributed by atoms with Gasteiger partial charge in [-0.25, -0.2) is 4.39 Å². The molecule has 0 aliphatic rings. The van der Waals surface area contributed by atoms with Crippen molar-refractivity contribution in [2.75, 3.05) is 5.32 Å². The van der Waals surface area contributed by atoms with Gasteiger partial charge in [0.05, 0.1) is 5.92 Å². The molecule has 150 valence electrons. The van der Waals surface area contributed by atoms with Gasteiger partial charge in [-0.15, -0.1) is 11.3 Å². The Morgan fingerprint density at radius 1 is 1.00 bits per heavy atom. The fourth-order valence-electron chi connectivity index (χ4n) is 3.31. The minimum absolute atomic E-state index is 0.258. The summed E-state index contributed by atoms with van der Waals surface area (Å²) in [6, 6.07) is 21.0. The number of fused-ring (bicyclic) bond motifs is 1. The Hall–Kier alpha value is -3.51. The van der Waals surface area contributed by atoms with Crippen molar-refractivity contribution in [3.63, 3.8) is 0 Å². The van der Waals surface area contributed by atoms with Gasteiger partial charge in [-0.2, -0.15) is 0 Å². The van der Waals surface area contributed by atoms with Crippen molar-refractivity contribution in [2.45, 2.75) is 12.8 Å². The number of nitrogens with one attached hydrogen (secondary N) is 1. The molecule has 1 atom stereocenters. The molecule has 1 heterocycles. The first kappa shape index (κ1) is 19.8. The monoisotopic (exact) mass is 418 g/mol. The van der Waals surface area contributed by atoms with Crippen molar-refractivity contribution in [3.05, 3.63) is 89.7 Å². The van der Waals surface area contributed by atoms with Crippen LogP contribution >= 0.6 is 11.3 Å². The van der Waals surface area contributed by atoms with E-state index in [2.05, 4.69) is 5.32 Å². The summed E-state index contributed by atoms with van der Waals surface area (Å²) in [5.74, 6) is -1.66. The Morgan fingerprint density at radius 3 is 2.43 bits per heavy atom. The van der Waals surface area contributed by atoms with Crippen LogP contribution < -0.4 is 11.1 Å². The quantitative estimate of drug-likeness (QED) is 0.446. The van der Waals surface area contributed by atoms with E-state index in [0.717, 1.165) is 20.5 Å². The van der Waals surface area contributed by atoms with E-state index in [9.17, 15) is 14.0 Å². The summed E-state index contributed by atoms with van der Waals surface area (Å²) in [7, 11) is 0. The highest BCUT2D eigenvalue weighted by Gasteiger charge is 2.18. The van der Waals surface area contributed by atoms with E-state index in [1.165, 1.54) is 12.1 Å². The number of nitrogens with two attached hydrogens (primary N) is 1. The number of amides is 2. The summed E-state index contributed by atoms with van der Waals surface area (Å²) < 4.78 is 14.2. The Bertz CT molecular complexity index is 1210. The summed E-state index contributed by atoms with van der Waals surface area (Å²) in [4.78, 5) is 25.7. The second-order valence-corrected chi connectivity index (χ2v) is 8.12. The van der Waals surface area contributed by atoms with Gasteiger partial charge in [0.2, 0.25) is 11.8 Å². The fraction of sp³-hybridized carbons (Fsp3) is 0.0833. The molecule has 0 saturated carbocycles. The van der Waals surface area contributed by atoms with Gasteiger partial charge in [0.1, 0.15) is 5.82 Å². The number of anilines is 1. The third kappa shape index (κ3) is 3.95. The molecule has 6 heteroatoms. The van der Waals surface area contributed by atoms with Gasteiger partial charge in [0.25, 0.3) is 0 Å². The van der Waals surface area contributed by atoms with Crippen molar-refractivity contribution >= 4 is 38.9 Å². The minimum Gasteiger partial charge on any atom is -0.366 e. The number of hydrogen-bond donors (Lipinski definition) is 2. The largest absolute Gasteiger partial charge is 0.366 e. The fourth-order valence-corrected chi connectivity index (χ4v) is 4.41. The van der Waals surface area contributed by atoms with E-state index in [-0.39, 0.29) is 11.7 Å². The molecule has 30 heavy (non-hydrogen) atoms. The molecule has 0 aliphatic carbocycles. The van der Waals surface area contributed by atoms with Crippen LogP contribution in [0.15, 0.2) is 72.8 Å². The minimum atomic E-state index is -0.565. The molecule has 0 fully saturated rings. The molecule has 4 rings (SSSR count). The number of hydrogen-bond acceptors (Lipinski definition) is 3. The van der Waals surface area contributed by atoms with E-state index in [1.54, 1.807) is 48.6 Å². The highest BCUT2D eigenvalue weighted by Crippen LogP contribution is 2.36. The lowest BCUT2D eigenvalue weighted by atomic mass is 9.99. The lowest BCUT2D eigenvalue weighted by Crippen LogP contribution is -2.19. The van der Waals surface area contributed by atoms with Gasteiger partial charge < -0.3 is 11.1 Å². The molecule has 0 spiro atoms. The van der Waals surface area contributed by atoms with Crippen LogP contribution in [0.1, 0.15) is 28.8 Å². The maximum absolute atomic E-state index is 13.1. The van der Waals surface area contributed by atoms with Gasteiger partial charge in [-0.3, -0.25) is 9.59 Å². The Morgan fingerprint density at radius 2 is 1.73 bits per heavy atom. The van der Waals surface area contributed by atoms with Gasteiger partial charge in [0, 0.05) is 26.4 Å². The summed E-state index contributed by atoms with van der Waals surface area (Å²) in [5.41, 5.74) is 7.88. The average molecular weight is 418 g/mol. The Balaban J connectivity index is 1.62. The molecule has 4 aromatic rings. The van der Waals surface area contributed by atoms with E-state index in [4.69, 9.17) is 5.73 Å². The zero-order valence-corrected chi connectivity index (χ0v) is 17.0. The average Bonchev–Trinajstić information content (AvgIpc) is 3.17. The predicted molar refractivity (Wildman–Crippen MR) is 119 cm³/mol. The molecule has 0 bridgehead atoms. The molecule has 1 unspecified atom stereocenters. The second kappa shape index (κ2) is 8.08. The van der Waals surface area contributed by atoms with E-state index in [0.29, 0.717) is 16.8 Å². The first-order valence-electron chi connectivity index (χ1n) is 9.41. The van der Waals surface area contributed by atoms with Gasteiger partial charge in [0.15, 0.2) is 0 Å². The number of carbonyl (C=O) groups is 2. The summed E-state index contributed by atoms with van der Waals surface area (Å²) in [5, 5.41) is 3.91. The van der Waals surface area contributed by atoms with Crippen molar-refractivity contribution in [3.8, 4) is 10.4 Å². The van der Waals surface area contributed by atoms with Crippen LogP contribution in [0.5, 0.6) is 0 Å². The summed E-state index contributed by atoms with van der Waals surface area (Å²) >= 11 is 1.58. The van der Waals surface area contributed by atoms with E-state index < -0.39 is 11.8 Å². The number of rotatable bonds is 5. The zero-order valence-electron chi connectivity index (χ0n) is 16.2. The van der Waals surface area contributed by atoms with Crippen LogP contribution in [-0.4, -0.2) is 11.8 Å².